The number of hydrogen-bond acceptors (Lipinski definition) is 4. The van der Waals surface area contributed by atoms with Gasteiger partial charge in [-0.3, -0.25) is 0 Å². The number of primary amides is 1. The molecule has 0 unspecified atom stereocenters. The molecular weight excluding hydrogens is 232 g/mol. The highest BCUT2D eigenvalue weighted by molar-refractivity contribution is 7.88. The summed E-state index contributed by atoms with van der Waals surface area (Å²) in [7, 11) is -3.21. The van der Waals surface area contributed by atoms with Gasteiger partial charge in [-0.2, -0.15) is 0 Å². The van der Waals surface area contributed by atoms with Crippen LogP contribution < -0.4 is 15.2 Å². The van der Waals surface area contributed by atoms with E-state index in [1.165, 1.54) is 12.1 Å². The summed E-state index contributed by atoms with van der Waals surface area (Å²) in [5.74, 6) is 0.315. The molecule has 0 aliphatic rings. The van der Waals surface area contributed by atoms with Gasteiger partial charge in [0.05, 0.1) is 6.26 Å². The van der Waals surface area contributed by atoms with Crippen molar-refractivity contribution in [1.29, 1.82) is 0 Å². The molecule has 88 valence electrons. The predicted molar refractivity (Wildman–Crippen MR) is 58.3 cm³/mol. The van der Waals surface area contributed by atoms with Crippen molar-refractivity contribution >= 4 is 16.1 Å². The summed E-state index contributed by atoms with van der Waals surface area (Å²) in [6.07, 6.45) is 0.194. The van der Waals surface area contributed by atoms with Gasteiger partial charge < -0.3 is 10.5 Å². The molecule has 6 nitrogen and oxygen atoms in total. The number of benzene rings is 1. The molecule has 3 N–H and O–H groups in total. The van der Waals surface area contributed by atoms with Crippen molar-refractivity contribution in [3.05, 3.63) is 29.8 Å². The van der Waals surface area contributed by atoms with Crippen molar-refractivity contribution < 1.29 is 17.9 Å². The Morgan fingerprint density at radius 1 is 1.38 bits per heavy atom. The van der Waals surface area contributed by atoms with Crippen LogP contribution in [0.5, 0.6) is 5.75 Å². The molecule has 7 heteroatoms. The molecule has 0 heterocycles. The molecule has 0 fully saturated rings. The first-order chi connectivity index (χ1) is 7.37. The molecule has 1 aromatic carbocycles. The van der Waals surface area contributed by atoms with Gasteiger partial charge in [0, 0.05) is 6.54 Å². The highest BCUT2D eigenvalue weighted by Gasteiger charge is 2.02. The SMILES string of the molecule is CS(=O)(=O)NCc1ccc(OC(N)=O)cc1. The van der Waals surface area contributed by atoms with E-state index in [4.69, 9.17) is 5.73 Å². The maximum atomic E-state index is 10.8. The first-order valence-corrected chi connectivity index (χ1v) is 6.27. The fourth-order valence-electron chi connectivity index (χ4n) is 1.01. The molecule has 0 radical (unpaired) electrons. The van der Waals surface area contributed by atoms with Crippen molar-refractivity contribution in [3.8, 4) is 5.75 Å². The normalized spacial score (nSPS) is 11.1. The molecule has 0 bridgehead atoms. The zero-order valence-corrected chi connectivity index (χ0v) is 9.45. The highest BCUT2D eigenvalue weighted by atomic mass is 32.2. The quantitative estimate of drug-likeness (QED) is 0.790. The summed E-state index contributed by atoms with van der Waals surface area (Å²) in [4.78, 5) is 10.4. The second-order valence-electron chi connectivity index (χ2n) is 3.16. The Hall–Kier alpha value is -1.60. The number of ether oxygens (including phenoxy) is 1. The summed E-state index contributed by atoms with van der Waals surface area (Å²) in [5.41, 5.74) is 5.58. The Morgan fingerprint density at radius 3 is 2.38 bits per heavy atom. The Labute approximate surface area is 93.5 Å². The zero-order valence-electron chi connectivity index (χ0n) is 8.64. The topological polar surface area (TPSA) is 98.5 Å². The van der Waals surface area contributed by atoms with Crippen LogP contribution in [0.1, 0.15) is 5.56 Å². The minimum absolute atomic E-state index is 0.190. The number of nitrogens with one attached hydrogen (secondary N) is 1. The molecule has 0 spiro atoms. The summed E-state index contributed by atoms with van der Waals surface area (Å²) in [6, 6.07) is 6.33. The van der Waals surface area contributed by atoms with Crippen LogP contribution in [0.4, 0.5) is 4.79 Å². The molecule has 1 amide bonds. The van der Waals surface area contributed by atoms with E-state index < -0.39 is 16.1 Å². The Morgan fingerprint density at radius 2 is 1.94 bits per heavy atom. The van der Waals surface area contributed by atoms with Crippen LogP contribution in [0.15, 0.2) is 24.3 Å². The minimum Gasteiger partial charge on any atom is -0.411 e. The maximum absolute atomic E-state index is 10.8. The van der Waals surface area contributed by atoms with Crippen molar-refractivity contribution in [2.24, 2.45) is 5.73 Å². The van der Waals surface area contributed by atoms with Gasteiger partial charge in [-0.25, -0.2) is 17.9 Å². The molecule has 1 aromatic rings. The van der Waals surface area contributed by atoms with E-state index in [9.17, 15) is 13.2 Å². The van der Waals surface area contributed by atoms with Crippen molar-refractivity contribution in [2.75, 3.05) is 6.26 Å². The van der Waals surface area contributed by atoms with Crippen LogP contribution in [0.25, 0.3) is 0 Å². The number of sulfonamides is 1. The number of carbonyl (C=O) groups is 1. The number of amides is 1. The smallest absolute Gasteiger partial charge is 0.409 e. The van der Waals surface area contributed by atoms with Gasteiger partial charge in [0.1, 0.15) is 5.75 Å². The third-order valence-electron chi connectivity index (χ3n) is 1.68. The summed E-state index contributed by atoms with van der Waals surface area (Å²) >= 11 is 0. The molecule has 16 heavy (non-hydrogen) atoms. The van der Waals surface area contributed by atoms with Gasteiger partial charge in [0.25, 0.3) is 0 Å². The summed E-state index contributed by atoms with van der Waals surface area (Å²) in [5, 5.41) is 0. The van der Waals surface area contributed by atoms with Gasteiger partial charge in [-0.15, -0.1) is 0 Å². The van der Waals surface area contributed by atoms with E-state index in [1.807, 2.05) is 0 Å². The van der Waals surface area contributed by atoms with Crippen LogP contribution in [0.3, 0.4) is 0 Å². The first kappa shape index (κ1) is 12.5. The number of rotatable bonds is 4. The Bertz CT molecular complexity index is 467. The lowest BCUT2D eigenvalue weighted by atomic mass is 10.2. The Kier molecular flexibility index (Phi) is 3.86. The molecule has 0 aromatic heterocycles. The monoisotopic (exact) mass is 244 g/mol. The first-order valence-electron chi connectivity index (χ1n) is 4.38. The average molecular weight is 244 g/mol. The standard InChI is InChI=1S/C9H12N2O4S/c1-16(13,14)11-6-7-2-4-8(5-3-7)15-9(10)12/h2-5,11H,6H2,1H3,(H2,10,12). The van der Waals surface area contributed by atoms with Gasteiger partial charge in [0.15, 0.2) is 0 Å². The second kappa shape index (κ2) is 4.95. The number of nitrogens with two attached hydrogens (primary N) is 1. The van der Waals surface area contributed by atoms with Crippen molar-refractivity contribution in [2.45, 2.75) is 6.54 Å². The second-order valence-corrected chi connectivity index (χ2v) is 4.99. The number of carbonyl (C=O) groups excluding carboxylic acids is 1. The number of hydrogen-bond donors (Lipinski definition) is 2. The molecular formula is C9H12N2O4S. The van der Waals surface area contributed by atoms with Gasteiger partial charge >= 0.3 is 6.09 Å². The van der Waals surface area contributed by atoms with E-state index in [2.05, 4.69) is 9.46 Å². The molecule has 1 rings (SSSR count). The lowest BCUT2D eigenvalue weighted by Crippen LogP contribution is -2.21. The van der Waals surface area contributed by atoms with Gasteiger partial charge in [-0.1, -0.05) is 12.1 Å². The molecule has 0 saturated heterocycles. The van der Waals surface area contributed by atoms with E-state index in [-0.39, 0.29) is 6.54 Å². The third-order valence-corrected chi connectivity index (χ3v) is 2.35. The largest absolute Gasteiger partial charge is 0.411 e. The fraction of sp³-hybridized carbons (Fsp3) is 0.222. The van der Waals surface area contributed by atoms with E-state index in [1.54, 1.807) is 12.1 Å². The van der Waals surface area contributed by atoms with Crippen molar-refractivity contribution in [1.82, 2.24) is 4.72 Å². The van der Waals surface area contributed by atoms with Crippen LogP contribution in [-0.2, 0) is 16.6 Å². The van der Waals surface area contributed by atoms with Gasteiger partial charge in [0.2, 0.25) is 10.0 Å². The maximum Gasteiger partial charge on any atom is 0.409 e. The zero-order chi connectivity index (χ0) is 12.2. The van der Waals surface area contributed by atoms with E-state index in [0.29, 0.717) is 5.75 Å². The van der Waals surface area contributed by atoms with Crippen molar-refractivity contribution in [3.63, 3.8) is 0 Å². The van der Waals surface area contributed by atoms with E-state index >= 15 is 0 Å². The highest BCUT2D eigenvalue weighted by Crippen LogP contribution is 2.11. The molecule has 0 atom stereocenters. The Balaban J connectivity index is 2.61. The summed E-state index contributed by atoms with van der Waals surface area (Å²) < 4.78 is 28.6. The lowest BCUT2D eigenvalue weighted by Gasteiger charge is -2.04. The summed E-state index contributed by atoms with van der Waals surface area (Å²) in [6.45, 7) is 0.190. The van der Waals surface area contributed by atoms with E-state index in [0.717, 1.165) is 11.8 Å². The molecule has 0 aliphatic heterocycles. The van der Waals surface area contributed by atoms with Crippen LogP contribution >= 0.6 is 0 Å². The predicted octanol–water partition coefficient (Wildman–Crippen LogP) is 0.193. The fourth-order valence-corrected chi connectivity index (χ4v) is 1.43. The average Bonchev–Trinajstić information content (AvgIpc) is 2.14. The lowest BCUT2D eigenvalue weighted by molar-refractivity contribution is 0.211. The van der Waals surface area contributed by atoms with Gasteiger partial charge in [-0.05, 0) is 17.7 Å². The van der Waals surface area contributed by atoms with Crippen LogP contribution in [-0.4, -0.2) is 20.8 Å². The van der Waals surface area contributed by atoms with Crippen LogP contribution in [0, 0.1) is 0 Å². The van der Waals surface area contributed by atoms with Crippen LogP contribution in [0.2, 0.25) is 0 Å². The third kappa shape index (κ3) is 4.76. The molecule has 0 aliphatic carbocycles. The minimum atomic E-state index is -3.21. The molecule has 0 saturated carbocycles.